The molecule has 90 valence electrons. The van der Waals surface area contributed by atoms with E-state index in [0.29, 0.717) is 5.41 Å². The van der Waals surface area contributed by atoms with Crippen LogP contribution in [0.3, 0.4) is 0 Å². The van der Waals surface area contributed by atoms with E-state index >= 15 is 0 Å². The zero-order chi connectivity index (χ0) is 11.6. The molecule has 0 atom stereocenters. The summed E-state index contributed by atoms with van der Waals surface area (Å²) in [6.07, 6.45) is 7.03. The molecule has 1 saturated carbocycles. The van der Waals surface area contributed by atoms with Crippen molar-refractivity contribution in [3.8, 4) is 0 Å². The number of carbonyl (C=O) groups is 2. The van der Waals surface area contributed by atoms with Gasteiger partial charge in [-0.1, -0.05) is 12.8 Å². The van der Waals surface area contributed by atoms with Crippen LogP contribution in [-0.2, 0) is 9.59 Å². The van der Waals surface area contributed by atoms with Gasteiger partial charge < -0.3 is 10.0 Å². The largest absolute Gasteiger partial charge is 0.481 e. The van der Waals surface area contributed by atoms with Crippen molar-refractivity contribution in [2.24, 2.45) is 5.41 Å². The van der Waals surface area contributed by atoms with Gasteiger partial charge in [0.1, 0.15) is 6.42 Å². The number of hydrogen-bond acceptors (Lipinski definition) is 2. The number of carbonyl (C=O) groups excluding carboxylic acids is 1. The normalized spacial score (nSPS) is 23.6. The van der Waals surface area contributed by atoms with Crippen molar-refractivity contribution in [2.45, 2.75) is 44.9 Å². The van der Waals surface area contributed by atoms with Gasteiger partial charge in [-0.3, -0.25) is 9.59 Å². The SMILES string of the molecule is O=C(O)CC(=O)N1CCC2(CCCC2)CC1. The Balaban J connectivity index is 1.85. The fraction of sp³-hybridized carbons (Fsp3) is 0.833. The van der Waals surface area contributed by atoms with Crippen LogP contribution in [0.5, 0.6) is 0 Å². The molecule has 4 heteroatoms. The number of likely N-dealkylation sites (tertiary alicyclic amines) is 1. The zero-order valence-electron chi connectivity index (χ0n) is 9.57. The third kappa shape index (κ3) is 2.36. The summed E-state index contributed by atoms with van der Waals surface area (Å²) in [5, 5.41) is 8.57. The lowest BCUT2D eigenvalue weighted by atomic mass is 9.77. The molecule has 0 unspecified atom stereocenters. The molecule has 0 bridgehead atoms. The molecule has 16 heavy (non-hydrogen) atoms. The van der Waals surface area contributed by atoms with Crippen LogP contribution in [0.25, 0.3) is 0 Å². The quantitative estimate of drug-likeness (QED) is 0.727. The van der Waals surface area contributed by atoms with E-state index in [1.54, 1.807) is 4.90 Å². The maximum atomic E-state index is 11.6. The second kappa shape index (κ2) is 4.44. The van der Waals surface area contributed by atoms with Crippen LogP contribution in [0.15, 0.2) is 0 Å². The van der Waals surface area contributed by atoms with Gasteiger partial charge in [-0.2, -0.15) is 0 Å². The fourth-order valence-electron chi connectivity index (χ4n) is 3.10. The number of aliphatic carboxylic acids is 1. The Labute approximate surface area is 95.6 Å². The van der Waals surface area contributed by atoms with Crippen molar-refractivity contribution in [3.63, 3.8) is 0 Å². The lowest BCUT2D eigenvalue weighted by Gasteiger charge is -2.39. The fourth-order valence-corrected chi connectivity index (χ4v) is 3.10. The molecule has 2 fully saturated rings. The standard InChI is InChI=1S/C12H19NO3/c14-10(9-11(15)16)13-7-5-12(6-8-13)3-1-2-4-12/h1-9H2,(H,15,16). The number of amides is 1. The first-order valence-electron chi connectivity index (χ1n) is 6.11. The van der Waals surface area contributed by atoms with Gasteiger partial charge in [0, 0.05) is 13.1 Å². The van der Waals surface area contributed by atoms with Crippen LogP contribution in [0, 0.1) is 5.41 Å². The summed E-state index contributed by atoms with van der Waals surface area (Å²) in [7, 11) is 0. The Hall–Kier alpha value is -1.06. The lowest BCUT2D eigenvalue weighted by molar-refractivity contribution is -0.145. The first-order chi connectivity index (χ1) is 7.61. The molecule has 2 aliphatic rings. The molecule has 1 saturated heterocycles. The highest BCUT2D eigenvalue weighted by Gasteiger charge is 2.37. The van der Waals surface area contributed by atoms with Crippen molar-refractivity contribution in [1.29, 1.82) is 0 Å². The second-order valence-corrected chi connectivity index (χ2v) is 5.16. The van der Waals surface area contributed by atoms with Crippen molar-refractivity contribution in [3.05, 3.63) is 0 Å². The van der Waals surface area contributed by atoms with E-state index in [1.807, 2.05) is 0 Å². The highest BCUT2D eigenvalue weighted by molar-refractivity contribution is 5.93. The van der Waals surface area contributed by atoms with Crippen LogP contribution in [0.4, 0.5) is 0 Å². The van der Waals surface area contributed by atoms with Gasteiger partial charge >= 0.3 is 5.97 Å². The molecule has 1 aliphatic heterocycles. The van der Waals surface area contributed by atoms with E-state index < -0.39 is 5.97 Å². The van der Waals surface area contributed by atoms with E-state index in [1.165, 1.54) is 25.7 Å². The molecule has 0 aromatic rings. The van der Waals surface area contributed by atoms with Gasteiger partial charge in [0.05, 0.1) is 0 Å². The molecule has 4 nitrogen and oxygen atoms in total. The van der Waals surface area contributed by atoms with E-state index in [2.05, 4.69) is 0 Å². The Kier molecular flexibility index (Phi) is 3.17. The van der Waals surface area contributed by atoms with Crippen molar-refractivity contribution >= 4 is 11.9 Å². The van der Waals surface area contributed by atoms with E-state index in [0.717, 1.165) is 25.9 Å². The first-order valence-corrected chi connectivity index (χ1v) is 6.11. The Morgan fingerprint density at radius 2 is 1.62 bits per heavy atom. The molecule has 2 rings (SSSR count). The van der Waals surface area contributed by atoms with E-state index in [9.17, 15) is 9.59 Å². The summed E-state index contributed by atoms with van der Waals surface area (Å²) in [6.45, 7) is 1.51. The highest BCUT2D eigenvalue weighted by atomic mass is 16.4. The minimum absolute atomic E-state index is 0.222. The van der Waals surface area contributed by atoms with E-state index in [-0.39, 0.29) is 12.3 Å². The third-order valence-corrected chi connectivity index (χ3v) is 4.14. The Bertz CT molecular complexity index is 285. The molecule has 1 heterocycles. The first kappa shape index (κ1) is 11.4. The summed E-state index contributed by atoms with van der Waals surface area (Å²) in [6, 6.07) is 0. The minimum Gasteiger partial charge on any atom is -0.481 e. The van der Waals surface area contributed by atoms with Gasteiger partial charge in [0.2, 0.25) is 5.91 Å². The molecular weight excluding hydrogens is 206 g/mol. The molecule has 1 N–H and O–H groups in total. The number of nitrogens with zero attached hydrogens (tertiary/aromatic N) is 1. The number of piperidine rings is 1. The average molecular weight is 225 g/mol. The molecular formula is C12H19NO3. The predicted molar refractivity (Wildman–Crippen MR) is 59.0 cm³/mol. The van der Waals surface area contributed by atoms with Crippen LogP contribution in [0.1, 0.15) is 44.9 Å². The maximum absolute atomic E-state index is 11.6. The topological polar surface area (TPSA) is 57.6 Å². The Morgan fingerprint density at radius 3 is 2.12 bits per heavy atom. The zero-order valence-corrected chi connectivity index (χ0v) is 9.57. The van der Waals surface area contributed by atoms with Crippen LogP contribution in [0.2, 0.25) is 0 Å². The van der Waals surface area contributed by atoms with Gasteiger partial charge in [0.15, 0.2) is 0 Å². The predicted octanol–water partition coefficient (Wildman–Crippen LogP) is 1.64. The molecule has 1 amide bonds. The van der Waals surface area contributed by atoms with Gasteiger partial charge in [-0.15, -0.1) is 0 Å². The number of carboxylic acids is 1. The van der Waals surface area contributed by atoms with Crippen LogP contribution >= 0.6 is 0 Å². The smallest absolute Gasteiger partial charge is 0.312 e. The maximum Gasteiger partial charge on any atom is 0.312 e. The van der Waals surface area contributed by atoms with Crippen LogP contribution in [-0.4, -0.2) is 35.0 Å². The van der Waals surface area contributed by atoms with E-state index in [4.69, 9.17) is 5.11 Å². The van der Waals surface area contributed by atoms with Gasteiger partial charge in [0.25, 0.3) is 0 Å². The minimum atomic E-state index is -1.02. The molecule has 0 aromatic carbocycles. The number of hydrogen-bond donors (Lipinski definition) is 1. The monoisotopic (exact) mass is 225 g/mol. The van der Waals surface area contributed by atoms with Gasteiger partial charge in [-0.05, 0) is 31.1 Å². The second-order valence-electron chi connectivity index (χ2n) is 5.16. The summed E-state index contributed by atoms with van der Waals surface area (Å²) < 4.78 is 0. The molecule has 0 aromatic heterocycles. The molecule has 1 spiro atoms. The summed E-state index contributed by atoms with van der Waals surface area (Å²) >= 11 is 0. The van der Waals surface area contributed by atoms with Crippen LogP contribution < -0.4 is 0 Å². The van der Waals surface area contributed by atoms with Crippen molar-refractivity contribution in [1.82, 2.24) is 4.90 Å². The lowest BCUT2D eigenvalue weighted by Crippen LogP contribution is -2.42. The highest BCUT2D eigenvalue weighted by Crippen LogP contribution is 2.46. The van der Waals surface area contributed by atoms with Crippen molar-refractivity contribution in [2.75, 3.05) is 13.1 Å². The molecule has 0 radical (unpaired) electrons. The summed E-state index contributed by atoms with van der Waals surface area (Å²) in [5.74, 6) is -1.24. The molecule has 1 aliphatic carbocycles. The van der Waals surface area contributed by atoms with Gasteiger partial charge in [-0.25, -0.2) is 0 Å². The number of carboxylic acid groups (broad SMARTS) is 1. The Morgan fingerprint density at radius 1 is 1.06 bits per heavy atom. The number of rotatable bonds is 2. The third-order valence-electron chi connectivity index (χ3n) is 4.14. The average Bonchev–Trinajstić information content (AvgIpc) is 2.66. The summed E-state index contributed by atoms with van der Waals surface area (Å²) in [4.78, 5) is 23.7. The van der Waals surface area contributed by atoms with Crippen molar-refractivity contribution < 1.29 is 14.7 Å². The summed E-state index contributed by atoms with van der Waals surface area (Å²) in [5.41, 5.74) is 0.486.